The molecule has 0 spiro atoms. The van der Waals surface area contributed by atoms with Crippen LogP contribution in [0.4, 0.5) is 5.69 Å². The third-order valence-corrected chi connectivity index (χ3v) is 1.76. The topological polar surface area (TPSA) is 61.3 Å². The van der Waals surface area contributed by atoms with Crippen LogP contribution in [0.15, 0.2) is 18.2 Å². The first-order chi connectivity index (χ1) is 5.77. The monoisotopic (exact) mass is 166 g/mol. The molecule has 1 rings (SSSR count). The first-order valence-corrected chi connectivity index (χ1v) is 3.90. The van der Waals surface area contributed by atoms with Crippen LogP contribution in [0.2, 0.25) is 0 Å². The van der Waals surface area contributed by atoms with Crippen molar-refractivity contribution >= 4 is 5.69 Å². The van der Waals surface area contributed by atoms with Gasteiger partial charge in [-0.25, -0.2) is 0 Å². The molecule has 12 heavy (non-hydrogen) atoms. The van der Waals surface area contributed by atoms with E-state index in [0.29, 0.717) is 6.54 Å². The fraction of sp³-hybridized carbons (Fsp3) is 0.333. The van der Waals surface area contributed by atoms with Gasteiger partial charge in [0.05, 0.1) is 7.11 Å². The molecular weight excluding hydrogens is 152 g/mol. The first kappa shape index (κ1) is 8.87. The molecule has 0 aliphatic heterocycles. The highest BCUT2D eigenvalue weighted by Crippen LogP contribution is 2.19. The number of methoxy groups -OCH3 is 1. The fourth-order valence-corrected chi connectivity index (χ4v) is 1.08. The lowest BCUT2D eigenvalue weighted by atomic mass is 10.1. The van der Waals surface area contributed by atoms with Crippen LogP contribution < -0.4 is 16.2 Å². The molecule has 0 aliphatic rings. The fourth-order valence-electron chi connectivity index (χ4n) is 1.08. The van der Waals surface area contributed by atoms with Gasteiger partial charge in [-0.3, -0.25) is 0 Å². The Hall–Kier alpha value is -1.22. The van der Waals surface area contributed by atoms with Crippen molar-refractivity contribution in [2.45, 2.75) is 6.42 Å². The Bertz CT molecular complexity index is 261. The van der Waals surface area contributed by atoms with Crippen molar-refractivity contribution < 1.29 is 4.74 Å². The maximum atomic E-state index is 5.72. The molecule has 0 amide bonds. The highest BCUT2D eigenvalue weighted by atomic mass is 16.5. The zero-order chi connectivity index (χ0) is 8.97. The second-order valence-electron chi connectivity index (χ2n) is 2.60. The Morgan fingerprint density at radius 1 is 1.42 bits per heavy atom. The predicted molar refractivity (Wildman–Crippen MR) is 50.2 cm³/mol. The second-order valence-corrected chi connectivity index (χ2v) is 2.60. The Kier molecular flexibility index (Phi) is 2.94. The Balaban J connectivity index is 2.91. The van der Waals surface area contributed by atoms with Gasteiger partial charge in [0.25, 0.3) is 0 Å². The van der Waals surface area contributed by atoms with Gasteiger partial charge in [0.1, 0.15) is 5.75 Å². The van der Waals surface area contributed by atoms with Gasteiger partial charge >= 0.3 is 0 Å². The molecule has 0 saturated heterocycles. The average Bonchev–Trinajstić information content (AvgIpc) is 2.09. The minimum Gasteiger partial charge on any atom is -0.497 e. The molecule has 3 nitrogen and oxygen atoms in total. The summed E-state index contributed by atoms with van der Waals surface area (Å²) in [5, 5.41) is 0. The minimum absolute atomic E-state index is 0.608. The molecule has 66 valence electrons. The number of hydrogen-bond donors (Lipinski definition) is 2. The van der Waals surface area contributed by atoms with Crippen LogP contribution in [0.1, 0.15) is 5.56 Å². The van der Waals surface area contributed by atoms with Crippen LogP contribution in [0.5, 0.6) is 5.75 Å². The zero-order valence-corrected chi connectivity index (χ0v) is 7.21. The molecule has 3 heteroatoms. The Labute approximate surface area is 72.3 Å². The summed E-state index contributed by atoms with van der Waals surface area (Å²) in [6.07, 6.45) is 0.795. The molecule has 1 aromatic rings. The number of anilines is 1. The molecule has 0 fully saturated rings. The number of benzene rings is 1. The summed E-state index contributed by atoms with van der Waals surface area (Å²) in [6.45, 7) is 0.608. The van der Waals surface area contributed by atoms with Crippen molar-refractivity contribution in [1.82, 2.24) is 0 Å². The molecule has 1 aromatic carbocycles. The highest BCUT2D eigenvalue weighted by molar-refractivity contribution is 5.50. The molecule has 0 saturated carbocycles. The lowest BCUT2D eigenvalue weighted by molar-refractivity contribution is 0.414. The van der Waals surface area contributed by atoms with Crippen molar-refractivity contribution in [3.63, 3.8) is 0 Å². The predicted octanol–water partition coefficient (Wildman–Crippen LogP) is 0.779. The van der Waals surface area contributed by atoms with Crippen molar-refractivity contribution in [2.24, 2.45) is 5.73 Å². The molecule has 0 unspecified atom stereocenters. The van der Waals surface area contributed by atoms with E-state index in [1.165, 1.54) is 0 Å². The standard InChI is InChI=1S/C9H14N2O/c1-12-8-2-3-9(11)7(6-8)4-5-10/h2-3,6H,4-5,10-11H2,1H3. The average molecular weight is 166 g/mol. The summed E-state index contributed by atoms with van der Waals surface area (Å²) < 4.78 is 5.06. The normalized spacial score (nSPS) is 9.83. The van der Waals surface area contributed by atoms with Gasteiger partial charge in [-0.15, -0.1) is 0 Å². The van der Waals surface area contributed by atoms with E-state index >= 15 is 0 Å². The zero-order valence-electron chi connectivity index (χ0n) is 7.21. The van der Waals surface area contributed by atoms with Gasteiger partial charge in [-0.05, 0) is 36.7 Å². The van der Waals surface area contributed by atoms with E-state index in [9.17, 15) is 0 Å². The maximum absolute atomic E-state index is 5.72. The third-order valence-electron chi connectivity index (χ3n) is 1.76. The van der Waals surface area contributed by atoms with Crippen LogP contribution in [0.3, 0.4) is 0 Å². The first-order valence-electron chi connectivity index (χ1n) is 3.90. The lowest BCUT2D eigenvalue weighted by Gasteiger charge is -2.06. The summed E-state index contributed by atoms with van der Waals surface area (Å²) in [5.74, 6) is 0.827. The number of nitrogen functional groups attached to an aromatic ring is 1. The van der Waals surface area contributed by atoms with Gasteiger partial charge in [0.2, 0.25) is 0 Å². The molecule has 0 heterocycles. The number of ether oxygens (including phenoxy) is 1. The molecule has 0 atom stereocenters. The largest absolute Gasteiger partial charge is 0.497 e. The van der Waals surface area contributed by atoms with Crippen LogP contribution in [-0.4, -0.2) is 13.7 Å². The van der Waals surface area contributed by atoms with Crippen molar-refractivity contribution in [3.05, 3.63) is 23.8 Å². The van der Waals surface area contributed by atoms with E-state index in [1.54, 1.807) is 7.11 Å². The Morgan fingerprint density at radius 3 is 2.75 bits per heavy atom. The van der Waals surface area contributed by atoms with E-state index in [1.807, 2.05) is 18.2 Å². The van der Waals surface area contributed by atoms with Gasteiger partial charge in [0.15, 0.2) is 0 Å². The molecular formula is C9H14N2O. The van der Waals surface area contributed by atoms with Gasteiger partial charge < -0.3 is 16.2 Å². The lowest BCUT2D eigenvalue weighted by Crippen LogP contribution is -2.05. The van der Waals surface area contributed by atoms with Crippen LogP contribution >= 0.6 is 0 Å². The van der Waals surface area contributed by atoms with Crippen molar-refractivity contribution in [3.8, 4) is 5.75 Å². The van der Waals surface area contributed by atoms with Crippen LogP contribution in [0.25, 0.3) is 0 Å². The van der Waals surface area contributed by atoms with E-state index in [0.717, 1.165) is 23.4 Å². The van der Waals surface area contributed by atoms with Gasteiger partial charge in [0, 0.05) is 5.69 Å². The quantitative estimate of drug-likeness (QED) is 0.652. The number of hydrogen-bond acceptors (Lipinski definition) is 3. The Morgan fingerprint density at radius 2 is 2.17 bits per heavy atom. The molecule has 0 bridgehead atoms. The van der Waals surface area contributed by atoms with Crippen LogP contribution in [0, 0.1) is 0 Å². The molecule has 4 N–H and O–H groups in total. The number of rotatable bonds is 3. The highest BCUT2D eigenvalue weighted by Gasteiger charge is 1.99. The maximum Gasteiger partial charge on any atom is 0.119 e. The van der Waals surface area contributed by atoms with E-state index in [4.69, 9.17) is 16.2 Å². The summed E-state index contributed by atoms with van der Waals surface area (Å²) in [5.41, 5.74) is 13.0. The van der Waals surface area contributed by atoms with Gasteiger partial charge in [-0.2, -0.15) is 0 Å². The summed E-state index contributed by atoms with van der Waals surface area (Å²) in [4.78, 5) is 0. The third kappa shape index (κ3) is 1.89. The van der Waals surface area contributed by atoms with Crippen LogP contribution in [-0.2, 0) is 6.42 Å². The van der Waals surface area contributed by atoms with Crippen molar-refractivity contribution in [1.29, 1.82) is 0 Å². The molecule has 0 radical (unpaired) electrons. The molecule has 0 aromatic heterocycles. The van der Waals surface area contributed by atoms with Gasteiger partial charge in [-0.1, -0.05) is 0 Å². The summed E-state index contributed by atoms with van der Waals surface area (Å²) >= 11 is 0. The summed E-state index contributed by atoms with van der Waals surface area (Å²) in [6, 6.07) is 5.60. The van der Waals surface area contributed by atoms with E-state index in [2.05, 4.69) is 0 Å². The van der Waals surface area contributed by atoms with E-state index in [-0.39, 0.29) is 0 Å². The smallest absolute Gasteiger partial charge is 0.119 e. The molecule has 0 aliphatic carbocycles. The minimum atomic E-state index is 0.608. The van der Waals surface area contributed by atoms with E-state index < -0.39 is 0 Å². The summed E-state index contributed by atoms with van der Waals surface area (Å²) in [7, 11) is 1.64. The SMILES string of the molecule is COc1ccc(N)c(CCN)c1. The number of nitrogens with two attached hydrogens (primary N) is 2. The van der Waals surface area contributed by atoms with Crippen molar-refractivity contribution in [2.75, 3.05) is 19.4 Å². The second kappa shape index (κ2) is 3.97.